The number of carbonyl (C=O) groups excluding carboxylic acids is 1. The summed E-state index contributed by atoms with van der Waals surface area (Å²) in [6.07, 6.45) is 0.0914. The maximum atomic E-state index is 12.0. The van der Waals surface area contributed by atoms with Gasteiger partial charge in [-0.15, -0.1) is 0 Å². The number of carbonyl (C=O) groups is 1. The van der Waals surface area contributed by atoms with Crippen molar-refractivity contribution >= 4 is 16.9 Å². The topological polar surface area (TPSA) is 57.2 Å². The molecule has 2 rings (SSSR count). The first-order valence-corrected chi connectivity index (χ1v) is 6.51. The molecule has 0 saturated heterocycles. The van der Waals surface area contributed by atoms with E-state index in [1.54, 1.807) is 42.5 Å². The van der Waals surface area contributed by atoms with Crippen LogP contribution in [0.1, 0.15) is 15.9 Å². The van der Waals surface area contributed by atoms with Crippen molar-refractivity contribution in [3.63, 3.8) is 0 Å². The Morgan fingerprint density at radius 2 is 1.61 bits per heavy atom. The molecule has 1 atom stereocenters. The van der Waals surface area contributed by atoms with Crippen LogP contribution < -0.4 is 0 Å². The van der Waals surface area contributed by atoms with Gasteiger partial charge in [0.25, 0.3) is 0 Å². The van der Waals surface area contributed by atoms with Crippen LogP contribution >= 0.6 is 0 Å². The van der Waals surface area contributed by atoms with Crippen LogP contribution in [0.4, 0.5) is 0 Å². The molecule has 3 nitrogen and oxygen atoms in total. The molecule has 4 heteroatoms. The lowest BCUT2D eigenvalue weighted by Gasteiger charge is -2.11. The summed E-state index contributed by atoms with van der Waals surface area (Å²) < 4.78 is 22.1. The Bertz CT molecular complexity index is 579. The number of hydrogen-bond donors (Lipinski definition) is 0. The predicted octanol–water partition coefficient (Wildman–Crippen LogP) is 2.35. The van der Waals surface area contributed by atoms with Crippen LogP contribution in [0, 0.1) is 0 Å². The molecule has 0 heterocycles. The first-order chi connectivity index (χ1) is 8.68. The van der Waals surface area contributed by atoms with Crippen LogP contribution in [0.15, 0.2) is 59.5 Å². The summed E-state index contributed by atoms with van der Waals surface area (Å²) in [5, 5.41) is 0. The van der Waals surface area contributed by atoms with E-state index < -0.39 is 11.1 Å². The predicted molar refractivity (Wildman–Crippen MR) is 68.1 cm³/mol. The molecular weight excluding hydrogens is 248 g/mol. The van der Waals surface area contributed by atoms with E-state index in [0.29, 0.717) is 11.1 Å². The highest BCUT2D eigenvalue weighted by atomic mass is 32.2. The van der Waals surface area contributed by atoms with E-state index in [9.17, 15) is 13.6 Å². The summed E-state index contributed by atoms with van der Waals surface area (Å²) >= 11 is -2.32. The van der Waals surface area contributed by atoms with E-state index in [1.807, 2.05) is 6.07 Å². The zero-order valence-electron chi connectivity index (χ0n) is 9.54. The molecule has 2 aromatic carbocycles. The Hall–Kier alpha value is -1.78. The Labute approximate surface area is 108 Å². The number of ketones is 1. The molecule has 0 spiro atoms. The second kappa shape index (κ2) is 5.71. The van der Waals surface area contributed by atoms with Gasteiger partial charge >= 0.3 is 0 Å². The van der Waals surface area contributed by atoms with E-state index in [-0.39, 0.29) is 17.1 Å². The van der Waals surface area contributed by atoms with E-state index >= 15 is 0 Å². The summed E-state index contributed by atoms with van der Waals surface area (Å²) in [6, 6.07) is 15.4. The molecule has 0 saturated carbocycles. The largest absolute Gasteiger partial charge is 0.768 e. The molecule has 1 unspecified atom stereocenters. The van der Waals surface area contributed by atoms with Gasteiger partial charge in [0.1, 0.15) is 0 Å². The second-order valence-electron chi connectivity index (χ2n) is 3.81. The molecule has 0 bridgehead atoms. The number of rotatable bonds is 4. The third-order valence-electron chi connectivity index (χ3n) is 2.60. The van der Waals surface area contributed by atoms with Crippen LogP contribution in [0.25, 0.3) is 0 Å². The summed E-state index contributed by atoms with van der Waals surface area (Å²) in [4.78, 5) is 12.2. The van der Waals surface area contributed by atoms with E-state index in [0.717, 1.165) is 0 Å². The van der Waals surface area contributed by atoms with E-state index in [2.05, 4.69) is 0 Å². The SMILES string of the molecule is O=C(Cc1ccccc1S(=O)[O-])c1ccccc1. The van der Waals surface area contributed by atoms with Gasteiger partial charge in [0.05, 0.1) is 0 Å². The van der Waals surface area contributed by atoms with Crippen molar-refractivity contribution < 1.29 is 13.6 Å². The lowest BCUT2D eigenvalue weighted by Crippen LogP contribution is -2.06. The molecule has 0 aliphatic rings. The highest BCUT2D eigenvalue weighted by Gasteiger charge is 2.09. The molecule has 0 radical (unpaired) electrons. The molecule has 0 aliphatic heterocycles. The lowest BCUT2D eigenvalue weighted by atomic mass is 10.0. The van der Waals surface area contributed by atoms with Crippen molar-refractivity contribution in [2.24, 2.45) is 0 Å². The highest BCUT2D eigenvalue weighted by Crippen LogP contribution is 2.15. The van der Waals surface area contributed by atoms with Crippen molar-refractivity contribution in [2.45, 2.75) is 11.3 Å². The third kappa shape index (κ3) is 2.91. The Kier molecular flexibility index (Phi) is 4.02. The maximum Gasteiger partial charge on any atom is 0.167 e. The van der Waals surface area contributed by atoms with Gasteiger partial charge in [-0.25, -0.2) is 0 Å². The first-order valence-electron chi connectivity index (χ1n) is 5.44. The van der Waals surface area contributed by atoms with Crippen molar-refractivity contribution in [3.8, 4) is 0 Å². The van der Waals surface area contributed by atoms with Crippen LogP contribution in [-0.2, 0) is 17.5 Å². The fourth-order valence-electron chi connectivity index (χ4n) is 1.71. The summed E-state index contributed by atoms with van der Waals surface area (Å²) in [5.74, 6) is -0.0894. The van der Waals surface area contributed by atoms with Crippen LogP contribution in [0.2, 0.25) is 0 Å². The molecular formula is C14H11O3S-. The molecule has 0 aliphatic carbocycles. The Morgan fingerprint density at radius 1 is 1.00 bits per heavy atom. The van der Waals surface area contributed by atoms with E-state index in [4.69, 9.17) is 0 Å². The Morgan fingerprint density at radius 3 is 2.28 bits per heavy atom. The minimum atomic E-state index is -2.32. The van der Waals surface area contributed by atoms with Gasteiger partial charge < -0.3 is 4.55 Å². The van der Waals surface area contributed by atoms with Crippen LogP contribution in [0.5, 0.6) is 0 Å². The zero-order valence-corrected chi connectivity index (χ0v) is 10.4. The van der Waals surface area contributed by atoms with Crippen LogP contribution in [0.3, 0.4) is 0 Å². The van der Waals surface area contributed by atoms with Gasteiger partial charge in [0.2, 0.25) is 0 Å². The lowest BCUT2D eigenvalue weighted by molar-refractivity contribution is 0.0992. The quantitative estimate of drug-likeness (QED) is 0.625. The van der Waals surface area contributed by atoms with Gasteiger partial charge in [-0.1, -0.05) is 48.5 Å². The molecule has 0 fully saturated rings. The molecule has 92 valence electrons. The Balaban J connectivity index is 2.25. The van der Waals surface area contributed by atoms with Crippen molar-refractivity contribution in [1.29, 1.82) is 0 Å². The molecule has 0 N–H and O–H groups in total. The molecule has 0 amide bonds. The monoisotopic (exact) mass is 259 g/mol. The van der Waals surface area contributed by atoms with Gasteiger partial charge in [0.15, 0.2) is 5.78 Å². The van der Waals surface area contributed by atoms with Crippen LogP contribution in [-0.4, -0.2) is 14.5 Å². The smallest absolute Gasteiger partial charge is 0.167 e. The average Bonchev–Trinajstić information content (AvgIpc) is 2.40. The summed E-state index contributed by atoms with van der Waals surface area (Å²) in [6.45, 7) is 0. The molecule has 2 aromatic rings. The average molecular weight is 259 g/mol. The van der Waals surface area contributed by atoms with Gasteiger partial charge in [-0.05, 0) is 22.7 Å². The number of hydrogen-bond acceptors (Lipinski definition) is 3. The fraction of sp³-hybridized carbons (Fsp3) is 0.0714. The summed E-state index contributed by atoms with van der Waals surface area (Å²) in [7, 11) is 0. The zero-order chi connectivity index (χ0) is 13.0. The minimum absolute atomic E-state index is 0.0894. The standard InChI is InChI=1S/C14H12O3S/c15-13(11-6-2-1-3-7-11)10-12-8-4-5-9-14(12)18(16)17/h1-9H,10H2,(H,16,17)/p-1. The fourth-order valence-corrected chi connectivity index (χ4v) is 2.26. The number of Topliss-reactive ketones (excluding diaryl/α,β-unsaturated/α-hetero) is 1. The van der Waals surface area contributed by atoms with Gasteiger partial charge in [0, 0.05) is 16.9 Å². The normalized spacial score (nSPS) is 12.1. The minimum Gasteiger partial charge on any atom is -0.768 e. The summed E-state index contributed by atoms with van der Waals surface area (Å²) in [5.41, 5.74) is 1.11. The molecule has 0 aromatic heterocycles. The second-order valence-corrected chi connectivity index (χ2v) is 4.72. The maximum absolute atomic E-state index is 12.0. The van der Waals surface area contributed by atoms with Crippen molar-refractivity contribution in [3.05, 3.63) is 65.7 Å². The van der Waals surface area contributed by atoms with Crippen molar-refractivity contribution in [1.82, 2.24) is 0 Å². The van der Waals surface area contributed by atoms with Crippen molar-refractivity contribution in [2.75, 3.05) is 0 Å². The highest BCUT2D eigenvalue weighted by molar-refractivity contribution is 7.79. The molecule has 18 heavy (non-hydrogen) atoms. The number of benzene rings is 2. The van der Waals surface area contributed by atoms with Gasteiger partial charge in [-0.3, -0.25) is 9.00 Å². The van der Waals surface area contributed by atoms with Gasteiger partial charge in [-0.2, -0.15) is 0 Å². The first kappa shape index (κ1) is 12.7. The third-order valence-corrected chi connectivity index (χ3v) is 3.36. The van der Waals surface area contributed by atoms with E-state index in [1.165, 1.54) is 6.07 Å².